The van der Waals surface area contributed by atoms with Gasteiger partial charge in [0.25, 0.3) is 11.6 Å². The molecule has 24 heavy (non-hydrogen) atoms. The lowest BCUT2D eigenvalue weighted by Crippen LogP contribution is -2.26. The fraction of sp³-hybridized carbons (Fsp3) is 0.125. The Morgan fingerprint density at radius 1 is 1.21 bits per heavy atom. The molecule has 0 heterocycles. The number of nitrogens with zero attached hydrogens (tertiary/aromatic N) is 2. The molecule has 0 atom stereocenters. The van der Waals surface area contributed by atoms with Crippen LogP contribution in [0.25, 0.3) is 0 Å². The Labute approximate surface area is 138 Å². The van der Waals surface area contributed by atoms with Crippen molar-refractivity contribution in [2.75, 3.05) is 12.4 Å². The quantitative estimate of drug-likeness (QED) is 0.646. The number of amides is 3. The van der Waals surface area contributed by atoms with Crippen molar-refractivity contribution in [2.24, 2.45) is 5.73 Å². The third kappa shape index (κ3) is 4.29. The third-order valence-corrected chi connectivity index (χ3v) is 3.26. The number of nitro benzene ring substituents is 1. The molecule has 0 radical (unpaired) electrons. The van der Waals surface area contributed by atoms with Gasteiger partial charge in [0.15, 0.2) is 0 Å². The fourth-order valence-electron chi connectivity index (χ4n) is 2.21. The van der Waals surface area contributed by atoms with E-state index in [-0.39, 0.29) is 18.1 Å². The highest BCUT2D eigenvalue weighted by atomic mass is 16.6. The van der Waals surface area contributed by atoms with E-state index in [0.717, 1.165) is 0 Å². The molecule has 2 aromatic carbocycles. The zero-order valence-corrected chi connectivity index (χ0v) is 12.9. The number of urea groups is 1. The summed E-state index contributed by atoms with van der Waals surface area (Å²) in [6, 6.07) is 11.7. The second kappa shape index (κ2) is 7.23. The van der Waals surface area contributed by atoms with Gasteiger partial charge in [0.1, 0.15) is 0 Å². The number of carbonyl (C=O) groups excluding carboxylic acids is 2. The summed E-state index contributed by atoms with van der Waals surface area (Å²) in [6.45, 7) is 0.216. The third-order valence-electron chi connectivity index (χ3n) is 3.26. The number of carbonyl (C=O) groups is 2. The van der Waals surface area contributed by atoms with Crippen LogP contribution in [0, 0.1) is 10.1 Å². The molecule has 0 saturated carbocycles. The largest absolute Gasteiger partial charge is 0.351 e. The second-order valence-corrected chi connectivity index (χ2v) is 5.16. The van der Waals surface area contributed by atoms with Crippen molar-refractivity contribution in [3.05, 3.63) is 69.8 Å². The summed E-state index contributed by atoms with van der Waals surface area (Å²) in [5, 5.41) is 13.2. The average Bonchev–Trinajstić information content (AvgIpc) is 2.54. The molecule has 0 fully saturated rings. The standard InChI is InChI=1S/C16H16N4O4/c1-19(10-11-4-2-7-14(8-11)20(23)24)15(21)12-5-3-6-13(9-12)18-16(17)22/h2-9H,10H2,1H3,(H3,17,18,22). The van der Waals surface area contributed by atoms with Crippen LogP contribution in [0.3, 0.4) is 0 Å². The summed E-state index contributed by atoms with van der Waals surface area (Å²) in [5.41, 5.74) is 6.45. The number of nitro groups is 1. The van der Waals surface area contributed by atoms with E-state index in [4.69, 9.17) is 5.73 Å². The molecule has 0 aliphatic carbocycles. The molecule has 2 aromatic rings. The van der Waals surface area contributed by atoms with Crippen molar-refractivity contribution in [1.29, 1.82) is 0 Å². The van der Waals surface area contributed by atoms with Crippen LogP contribution in [0.2, 0.25) is 0 Å². The molecule has 3 amide bonds. The lowest BCUT2D eigenvalue weighted by molar-refractivity contribution is -0.384. The topological polar surface area (TPSA) is 119 Å². The molecular weight excluding hydrogens is 312 g/mol. The van der Waals surface area contributed by atoms with E-state index < -0.39 is 11.0 Å². The van der Waals surface area contributed by atoms with Crippen molar-refractivity contribution in [3.8, 4) is 0 Å². The van der Waals surface area contributed by atoms with E-state index >= 15 is 0 Å². The number of primary amides is 1. The highest BCUT2D eigenvalue weighted by Gasteiger charge is 2.14. The zero-order valence-electron chi connectivity index (χ0n) is 12.9. The van der Waals surface area contributed by atoms with Gasteiger partial charge in [-0.2, -0.15) is 0 Å². The number of benzene rings is 2. The number of non-ortho nitro benzene ring substituents is 1. The van der Waals surface area contributed by atoms with Crippen LogP contribution in [-0.4, -0.2) is 28.8 Å². The van der Waals surface area contributed by atoms with Crippen molar-refractivity contribution in [2.45, 2.75) is 6.54 Å². The van der Waals surface area contributed by atoms with Crippen molar-refractivity contribution in [1.82, 2.24) is 4.90 Å². The summed E-state index contributed by atoms with van der Waals surface area (Å²) in [4.78, 5) is 35.1. The molecule has 0 spiro atoms. The van der Waals surface area contributed by atoms with Gasteiger partial charge in [-0.05, 0) is 23.8 Å². The number of hydrogen-bond donors (Lipinski definition) is 2. The first-order valence-electron chi connectivity index (χ1n) is 7.02. The molecule has 0 unspecified atom stereocenters. The molecule has 0 aromatic heterocycles. The normalized spacial score (nSPS) is 10.0. The summed E-state index contributed by atoms with van der Waals surface area (Å²) in [6.07, 6.45) is 0. The molecule has 124 valence electrons. The Hall–Kier alpha value is -3.42. The lowest BCUT2D eigenvalue weighted by atomic mass is 10.1. The number of nitrogens with two attached hydrogens (primary N) is 1. The molecule has 2 rings (SSSR count). The number of anilines is 1. The highest BCUT2D eigenvalue weighted by Crippen LogP contribution is 2.16. The Bertz CT molecular complexity index is 791. The minimum absolute atomic E-state index is 0.0268. The Kier molecular flexibility index (Phi) is 5.10. The van der Waals surface area contributed by atoms with Crippen LogP contribution < -0.4 is 11.1 Å². The van der Waals surface area contributed by atoms with E-state index in [1.54, 1.807) is 37.4 Å². The van der Waals surface area contributed by atoms with Crippen molar-refractivity contribution in [3.63, 3.8) is 0 Å². The molecule has 8 heteroatoms. The van der Waals surface area contributed by atoms with Crippen LogP contribution >= 0.6 is 0 Å². The van der Waals surface area contributed by atoms with Gasteiger partial charge < -0.3 is 16.0 Å². The van der Waals surface area contributed by atoms with Crippen molar-refractivity contribution < 1.29 is 14.5 Å². The van der Waals surface area contributed by atoms with Gasteiger partial charge in [0, 0.05) is 37.0 Å². The molecule has 0 saturated heterocycles. The summed E-state index contributed by atoms with van der Waals surface area (Å²) in [5.74, 6) is -0.283. The number of hydrogen-bond acceptors (Lipinski definition) is 4. The second-order valence-electron chi connectivity index (χ2n) is 5.16. The summed E-state index contributed by atoms with van der Waals surface area (Å²) < 4.78 is 0. The molecular formula is C16H16N4O4. The molecule has 8 nitrogen and oxygen atoms in total. The van der Waals surface area contributed by atoms with E-state index in [0.29, 0.717) is 16.8 Å². The Balaban J connectivity index is 2.13. The lowest BCUT2D eigenvalue weighted by Gasteiger charge is -2.17. The van der Waals surface area contributed by atoms with Gasteiger partial charge in [-0.1, -0.05) is 18.2 Å². The van der Waals surface area contributed by atoms with Crippen LogP contribution in [0.4, 0.5) is 16.2 Å². The van der Waals surface area contributed by atoms with Crippen LogP contribution in [0.15, 0.2) is 48.5 Å². The molecule has 0 bridgehead atoms. The first-order chi connectivity index (χ1) is 11.4. The number of rotatable bonds is 5. The highest BCUT2D eigenvalue weighted by molar-refractivity contribution is 5.96. The smallest absolute Gasteiger partial charge is 0.316 e. The predicted molar refractivity (Wildman–Crippen MR) is 88.5 cm³/mol. The summed E-state index contributed by atoms with van der Waals surface area (Å²) in [7, 11) is 1.59. The first-order valence-corrected chi connectivity index (χ1v) is 7.02. The average molecular weight is 328 g/mol. The van der Waals surface area contributed by atoms with Crippen LogP contribution in [0.1, 0.15) is 15.9 Å². The molecule has 0 aliphatic heterocycles. The number of nitrogens with one attached hydrogen (secondary N) is 1. The van der Waals surface area contributed by atoms with Gasteiger partial charge in [-0.3, -0.25) is 14.9 Å². The SMILES string of the molecule is CN(Cc1cccc([N+](=O)[O-])c1)C(=O)c1cccc(NC(N)=O)c1. The maximum absolute atomic E-state index is 12.5. The Morgan fingerprint density at radius 3 is 2.58 bits per heavy atom. The Morgan fingerprint density at radius 2 is 1.92 bits per heavy atom. The van der Waals surface area contributed by atoms with Crippen molar-refractivity contribution >= 4 is 23.3 Å². The van der Waals surface area contributed by atoms with Gasteiger partial charge in [-0.15, -0.1) is 0 Å². The van der Waals surface area contributed by atoms with Crippen LogP contribution in [-0.2, 0) is 6.54 Å². The van der Waals surface area contributed by atoms with Gasteiger partial charge in [0.2, 0.25) is 0 Å². The maximum Gasteiger partial charge on any atom is 0.316 e. The first kappa shape index (κ1) is 16.9. The maximum atomic E-state index is 12.5. The van der Waals surface area contributed by atoms with E-state index in [9.17, 15) is 19.7 Å². The predicted octanol–water partition coefficient (Wildman–Crippen LogP) is 2.36. The minimum atomic E-state index is -0.718. The van der Waals surface area contributed by atoms with E-state index in [1.165, 1.54) is 23.1 Å². The van der Waals surface area contributed by atoms with Gasteiger partial charge in [0.05, 0.1) is 4.92 Å². The van der Waals surface area contributed by atoms with Gasteiger partial charge in [-0.25, -0.2) is 4.79 Å². The van der Waals surface area contributed by atoms with E-state index in [2.05, 4.69) is 5.32 Å². The monoisotopic (exact) mass is 328 g/mol. The minimum Gasteiger partial charge on any atom is -0.351 e. The van der Waals surface area contributed by atoms with Gasteiger partial charge >= 0.3 is 6.03 Å². The molecule has 3 N–H and O–H groups in total. The van der Waals surface area contributed by atoms with Crippen LogP contribution in [0.5, 0.6) is 0 Å². The summed E-state index contributed by atoms with van der Waals surface area (Å²) >= 11 is 0. The molecule has 0 aliphatic rings. The van der Waals surface area contributed by atoms with E-state index in [1.807, 2.05) is 0 Å². The fourth-order valence-corrected chi connectivity index (χ4v) is 2.21. The zero-order chi connectivity index (χ0) is 17.7.